The Labute approximate surface area is 168 Å². The largest absolute Gasteiger partial charge is 0.451 e. The summed E-state index contributed by atoms with van der Waals surface area (Å²) in [5.41, 5.74) is 0.300. The molecule has 1 N–H and O–H groups in total. The minimum atomic E-state index is -3.61. The van der Waals surface area contributed by atoms with Crippen LogP contribution in [0.5, 0.6) is 0 Å². The van der Waals surface area contributed by atoms with Crippen molar-refractivity contribution in [3.8, 4) is 0 Å². The number of hydrogen-bond donors (Lipinski definition) is 1. The van der Waals surface area contributed by atoms with Crippen LogP contribution in [0.2, 0.25) is 0 Å². The van der Waals surface area contributed by atoms with Crippen LogP contribution in [0.1, 0.15) is 29.8 Å². The molecular formula is C21H20N2O5S. The molecule has 2 aromatic carbocycles. The van der Waals surface area contributed by atoms with Gasteiger partial charge in [0.15, 0.2) is 11.2 Å². The Morgan fingerprint density at radius 1 is 0.966 bits per heavy atom. The number of fused-ring (bicyclic) bond motifs is 1. The van der Waals surface area contributed by atoms with E-state index >= 15 is 0 Å². The summed E-state index contributed by atoms with van der Waals surface area (Å²) in [6.45, 7) is 1.00. The number of amides is 1. The molecule has 1 aliphatic rings. The molecule has 7 nitrogen and oxygen atoms in total. The van der Waals surface area contributed by atoms with Crippen molar-refractivity contribution >= 4 is 32.6 Å². The van der Waals surface area contributed by atoms with Crippen molar-refractivity contribution in [1.82, 2.24) is 4.31 Å². The minimum Gasteiger partial charge on any atom is -0.451 e. The Morgan fingerprint density at radius 2 is 1.72 bits per heavy atom. The van der Waals surface area contributed by atoms with Gasteiger partial charge >= 0.3 is 0 Å². The summed E-state index contributed by atoms with van der Waals surface area (Å²) in [6, 6.07) is 13.9. The van der Waals surface area contributed by atoms with Gasteiger partial charge in [0.25, 0.3) is 5.91 Å². The Morgan fingerprint density at radius 3 is 2.52 bits per heavy atom. The molecule has 1 fully saturated rings. The van der Waals surface area contributed by atoms with E-state index in [1.54, 1.807) is 36.4 Å². The number of para-hydroxylation sites is 1. The van der Waals surface area contributed by atoms with Gasteiger partial charge in [-0.3, -0.25) is 9.59 Å². The summed E-state index contributed by atoms with van der Waals surface area (Å²) >= 11 is 0. The van der Waals surface area contributed by atoms with Crippen LogP contribution in [0.4, 0.5) is 5.69 Å². The lowest BCUT2D eigenvalue weighted by Crippen LogP contribution is -2.35. The van der Waals surface area contributed by atoms with Crippen molar-refractivity contribution in [2.45, 2.75) is 24.2 Å². The lowest BCUT2D eigenvalue weighted by Gasteiger charge is -2.26. The lowest BCUT2D eigenvalue weighted by atomic mass is 10.2. The Balaban J connectivity index is 1.59. The summed E-state index contributed by atoms with van der Waals surface area (Å²) in [4.78, 5) is 24.9. The van der Waals surface area contributed by atoms with E-state index in [4.69, 9.17) is 4.42 Å². The zero-order valence-electron chi connectivity index (χ0n) is 15.6. The highest BCUT2D eigenvalue weighted by molar-refractivity contribution is 7.89. The van der Waals surface area contributed by atoms with Crippen LogP contribution in [0.3, 0.4) is 0 Å². The Hall–Kier alpha value is -2.97. The Bertz CT molecular complexity index is 1230. The average Bonchev–Trinajstić information content (AvgIpc) is 2.74. The highest BCUT2D eigenvalue weighted by atomic mass is 32.2. The molecule has 2 heterocycles. The summed E-state index contributed by atoms with van der Waals surface area (Å²) in [6.07, 6.45) is 2.71. The second-order valence-corrected chi connectivity index (χ2v) is 8.86. The number of sulfonamides is 1. The first-order chi connectivity index (χ1) is 13.9. The molecule has 8 heteroatoms. The van der Waals surface area contributed by atoms with Crippen LogP contribution < -0.4 is 10.7 Å². The van der Waals surface area contributed by atoms with Crippen molar-refractivity contribution in [3.63, 3.8) is 0 Å². The van der Waals surface area contributed by atoms with E-state index < -0.39 is 15.9 Å². The molecule has 1 aliphatic heterocycles. The number of nitrogens with zero attached hydrogens (tertiary/aromatic N) is 1. The molecule has 29 heavy (non-hydrogen) atoms. The van der Waals surface area contributed by atoms with E-state index in [1.165, 1.54) is 16.4 Å². The van der Waals surface area contributed by atoms with Crippen molar-refractivity contribution in [3.05, 3.63) is 70.6 Å². The van der Waals surface area contributed by atoms with Crippen LogP contribution in [-0.2, 0) is 10.0 Å². The van der Waals surface area contributed by atoms with Gasteiger partial charge in [0.1, 0.15) is 5.58 Å². The highest BCUT2D eigenvalue weighted by Crippen LogP contribution is 2.23. The SMILES string of the molecule is O=C(Nc1cccc(S(=O)(=O)N2CCCCC2)c1)c1cc(=O)c2ccccc2o1. The fraction of sp³-hybridized carbons (Fsp3) is 0.238. The molecule has 0 radical (unpaired) electrons. The normalized spacial score (nSPS) is 15.3. The number of benzene rings is 2. The first kappa shape index (κ1) is 19.4. The number of anilines is 1. The topological polar surface area (TPSA) is 96.7 Å². The van der Waals surface area contributed by atoms with Gasteiger partial charge in [-0.1, -0.05) is 24.6 Å². The van der Waals surface area contributed by atoms with E-state index in [1.807, 2.05) is 0 Å². The van der Waals surface area contributed by atoms with Crippen LogP contribution in [0, 0.1) is 0 Å². The van der Waals surface area contributed by atoms with Crippen LogP contribution in [0.15, 0.2) is 68.7 Å². The van der Waals surface area contributed by atoms with Crippen molar-refractivity contribution in [1.29, 1.82) is 0 Å². The molecule has 0 spiro atoms. The number of rotatable bonds is 4. The standard InChI is InChI=1S/C21H20N2O5S/c24-18-14-20(28-19-10-3-2-9-17(18)19)21(25)22-15-7-6-8-16(13-15)29(26,27)23-11-4-1-5-12-23/h2-3,6-10,13-14H,1,4-5,11-12H2,(H,22,25). The van der Waals surface area contributed by atoms with Crippen LogP contribution in [0.25, 0.3) is 11.0 Å². The smallest absolute Gasteiger partial charge is 0.291 e. The first-order valence-corrected chi connectivity index (χ1v) is 10.8. The molecule has 150 valence electrons. The molecule has 1 aromatic heterocycles. The molecule has 0 atom stereocenters. The van der Waals surface area contributed by atoms with Crippen LogP contribution in [-0.4, -0.2) is 31.7 Å². The minimum absolute atomic E-state index is 0.122. The molecule has 0 aliphatic carbocycles. The fourth-order valence-corrected chi connectivity index (χ4v) is 4.96. The van der Waals surface area contributed by atoms with E-state index in [9.17, 15) is 18.0 Å². The molecule has 0 unspecified atom stereocenters. The predicted molar refractivity (Wildman–Crippen MR) is 109 cm³/mol. The number of nitrogens with one attached hydrogen (secondary N) is 1. The third-order valence-corrected chi connectivity index (χ3v) is 6.80. The maximum absolute atomic E-state index is 12.8. The van der Waals surface area contributed by atoms with Crippen molar-refractivity contribution in [2.24, 2.45) is 0 Å². The Kier molecular flexibility index (Phi) is 5.21. The monoisotopic (exact) mass is 412 g/mol. The summed E-state index contributed by atoms with van der Waals surface area (Å²) < 4.78 is 32.7. The van der Waals surface area contributed by atoms with Crippen molar-refractivity contribution < 1.29 is 17.6 Å². The number of hydrogen-bond acceptors (Lipinski definition) is 5. The van der Waals surface area contributed by atoms with E-state index in [2.05, 4.69) is 5.32 Å². The van der Waals surface area contributed by atoms with Gasteiger partial charge in [-0.05, 0) is 43.2 Å². The molecule has 4 rings (SSSR count). The third kappa shape index (κ3) is 3.94. The first-order valence-electron chi connectivity index (χ1n) is 9.40. The molecule has 0 saturated carbocycles. The van der Waals surface area contributed by atoms with Gasteiger partial charge in [0.2, 0.25) is 10.0 Å². The van der Waals surface area contributed by atoms with E-state index in [0.29, 0.717) is 29.7 Å². The maximum atomic E-state index is 12.8. The molecular weight excluding hydrogens is 392 g/mol. The van der Waals surface area contributed by atoms with E-state index in [-0.39, 0.29) is 16.1 Å². The summed E-state index contributed by atoms with van der Waals surface area (Å²) in [7, 11) is -3.61. The van der Waals surface area contributed by atoms with Gasteiger partial charge < -0.3 is 9.73 Å². The number of carbonyl (C=O) groups is 1. The maximum Gasteiger partial charge on any atom is 0.291 e. The average molecular weight is 412 g/mol. The van der Waals surface area contributed by atoms with Gasteiger partial charge in [-0.25, -0.2) is 8.42 Å². The number of piperidine rings is 1. The molecule has 1 saturated heterocycles. The summed E-state index contributed by atoms with van der Waals surface area (Å²) in [5, 5.41) is 3.00. The second kappa shape index (κ2) is 7.81. The van der Waals surface area contributed by atoms with Crippen molar-refractivity contribution in [2.75, 3.05) is 18.4 Å². The van der Waals surface area contributed by atoms with Crippen LogP contribution >= 0.6 is 0 Å². The highest BCUT2D eigenvalue weighted by Gasteiger charge is 2.26. The zero-order valence-corrected chi connectivity index (χ0v) is 16.4. The number of carbonyl (C=O) groups excluding carboxylic acids is 1. The third-order valence-electron chi connectivity index (χ3n) is 4.90. The fourth-order valence-electron chi connectivity index (χ4n) is 3.40. The van der Waals surface area contributed by atoms with Gasteiger partial charge in [0, 0.05) is 24.8 Å². The lowest BCUT2D eigenvalue weighted by molar-refractivity contribution is 0.0997. The summed E-state index contributed by atoms with van der Waals surface area (Å²) in [5.74, 6) is -0.765. The van der Waals surface area contributed by atoms with Gasteiger partial charge in [-0.2, -0.15) is 4.31 Å². The van der Waals surface area contributed by atoms with E-state index in [0.717, 1.165) is 25.3 Å². The quantitative estimate of drug-likeness (QED) is 0.710. The molecule has 0 bridgehead atoms. The molecule has 1 amide bonds. The molecule has 3 aromatic rings. The second-order valence-electron chi connectivity index (χ2n) is 6.92. The zero-order chi connectivity index (χ0) is 20.4. The van der Waals surface area contributed by atoms with Gasteiger partial charge in [0.05, 0.1) is 10.3 Å². The predicted octanol–water partition coefficient (Wildman–Crippen LogP) is 3.22. The van der Waals surface area contributed by atoms with Gasteiger partial charge in [-0.15, -0.1) is 0 Å².